The predicted octanol–water partition coefficient (Wildman–Crippen LogP) is 4.34. The molecule has 1 saturated heterocycles. The van der Waals surface area contributed by atoms with Crippen molar-refractivity contribution in [2.75, 3.05) is 31.7 Å². The first-order valence-electron chi connectivity index (χ1n) is 12.2. The Morgan fingerprint density at radius 1 is 1.28 bits per heavy atom. The van der Waals surface area contributed by atoms with Gasteiger partial charge in [-0.05, 0) is 36.6 Å². The number of amides is 1. The number of hydrogen-bond donors (Lipinski definition) is 0. The highest BCUT2D eigenvalue weighted by atomic mass is 19.3. The monoisotopic (exact) mass is 498 g/mol. The van der Waals surface area contributed by atoms with Gasteiger partial charge in [0.05, 0.1) is 19.2 Å². The maximum absolute atomic E-state index is 14.2. The van der Waals surface area contributed by atoms with Crippen molar-refractivity contribution < 1.29 is 18.3 Å². The number of alkyl halides is 2. The minimum atomic E-state index is -3.04. The summed E-state index contributed by atoms with van der Waals surface area (Å²) in [5.74, 6) is -2.19. The first-order valence-corrected chi connectivity index (χ1v) is 12.2. The molecule has 1 amide bonds. The predicted molar refractivity (Wildman–Crippen MR) is 133 cm³/mol. The third-order valence-corrected chi connectivity index (χ3v) is 7.19. The van der Waals surface area contributed by atoms with Gasteiger partial charge in [-0.25, -0.2) is 0 Å². The lowest BCUT2D eigenvalue weighted by molar-refractivity contribution is -0.129. The van der Waals surface area contributed by atoms with E-state index in [2.05, 4.69) is 9.78 Å². The van der Waals surface area contributed by atoms with Crippen molar-refractivity contribution in [1.82, 2.24) is 24.5 Å². The number of benzene rings is 1. The van der Waals surface area contributed by atoms with Gasteiger partial charge in [0.15, 0.2) is 5.82 Å². The Morgan fingerprint density at radius 2 is 2.06 bits per heavy atom. The number of ether oxygens (including phenoxy) is 1. The molecule has 0 bridgehead atoms. The molecular formula is C26H32F2N6O2. The zero-order valence-corrected chi connectivity index (χ0v) is 21.4. The SMILES string of the molecule is CC(=O)N1CCc2c(c(N(C)c3ccc(-c4cn(C)nc4C(C)(F)F)cc3C)nn2C2CCOC2)C1. The molecule has 2 aliphatic heterocycles. The smallest absolute Gasteiger partial charge is 0.289 e. The molecule has 0 spiro atoms. The summed E-state index contributed by atoms with van der Waals surface area (Å²) in [4.78, 5) is 16.0. The average Bonchev–Trinajstić information content (AvgIpc) is 3.56. The zero-order valence-electron chi connectivity index (χ0n) is 21.4. The summed E-state index contributed by atoms with van der Waals surface area (Å²) >= 11 is 0. The molecule has 2 aromatic heterocycles. The summed E-state index contributed by atoms with van der Waals surface area (Å²) in [5.41, 5.74) is 4.92. The number of fused-ring (bicyclic) bond motifs is 1. The Kier molecular flexibility index (Phi) is 6.10. The number of carbonyl (C=O) groups excluding carboxylic acids is 1. The Hall–Kier alpha value is -3.27. The van der Waals surface area contributed by atoms with Crippen LogP contribution < -0.4 is 4.90 Å². The van der Waals surface area contributed by atoms with Crippen molar-refractivity contribution in [1.29, 1.82) is 0 Å². The molecule has 1 unspecified atom stereocenters. The standard InChI is InChI=1S/C26H32F2N6O2/c1-16-12-18(20-13-31(4)29-24(20)26(3,27)28)6-7-22(16)32(5)25-21-14-33(17(2)35)10-8-23(21)34(30-25)19-9-11-36-15-19/h6-7,12-13,19H,8-11,14-15H2,1-5H3. The lowest BCUT2D eigenvalue weighted by Gasteiger charge is -2.28. The van der Waals surface area contributed by atoms with Gasteiger partial charge in [-0.2, -0.15) is 19.0 Å². The fourth-order valence-electron chi connectivity index (χ4n) is 5.32. The van der Waals surface area contributed by atoms with Gasteiger partial charge in [0.1, 0.15) is 5.69 Å². The van der Waals surface area contributed by atoms with Crippen molar-refractivity contribution in [3.8, 4) is 11.1 Å². The van der Waals surface area contributed by atoms with Crippen LogP contribution in [0, 0.1) is 6.92 Å². The third-order valence-electron chi connectivity index (χ3n) is 7.19. The third kappa shape index (κ3) is 4.27. The lowest BCUT2D eigenvalue weighted by atomic mass is 10.00. The van der Waals surface area contributed by atoms with E-state index in [0.29, 0.717) is 30.8 Å². The second-order valence-electron chi connectivity index (χ2n) is 9.92. The molecule has 36 heavy (non-hydrogen) atoms. The summed E-state index contributed by atoms with van der Waals surface area (Å²) in [6.07, 6.45) is 3.29. The van der Waals surface area contributed by atoms with Crippen molar-refractivity contribution >= 4 is 17.4 Å². The van der Waals surface area contributed by atoms with E-state index in [4.69, 9.17) is 9.84 Å². The van der Waals surface area contributed by atoms with Crippen molar-refractivity contribution in [3.05, 3.63) is 46.9 Å². The normalized spacial score (nSPS) is 18.0. The number of nitrogens with zero attached hydrogens (tertiary/aromatic N) is 6. The van der Waals surface area contributed by atoms with Gasteiger partial charge in [-0.1, -0.05) is 6.07 Å². The molecule has 1 aromatic carbocycles. The number of aryl methyl sites for hydroxylation is 2. The van der Waals surface area contributed by atoms with Crippen LogP contribution in [-0.4, -0.2) is 57.2 Å². The second-order valence-corrected chi connectivity index (χ2v) is 9.92. The van der Waals surface area contributed by atoms with E-state index >= 15 is 0 Å². The molecule has 1 fully saturated rings. The number of anilines is 2. The second kappa shape index (κ2) is 8.99. The molecule has 10 heteroatoms. The highest BCUT2D eigenvalue weighted by Gasteiger charge is 2.33. The zero-order chi connectivity index (χ0) is 25.8. The number of carbonyl (C=O) groups is 1. The quantitative estimate of drug-likeness (QED) is 0.524. The number of halogens is 2. The molecule has 4 heterocycles. The molecule has 0 saturated carbocycles. The minimum Gasteiger partial charge on any atom is -0.379 e. The first-order chi connectivity index (χ1) is 17.0. The Morgan fingerprint density at radius 3 is 2.69 bits per heavy atom. The van der Waals surface area contributed by atoms with Crippen LogP contribution in [0.5, 0.6) is 0 Å². The minimum absolute atomic E-state index is 0.0479. The number of aromatic nitrogens is 4. The number of rotatable bonds is 5. The average molecular weight is 499 g/mol. The van der Waals surface area contributed by atoms with Gasteiger partial charge in [0.25, 0.3) is 5.92 Å². The van der Waals surface area contributed by atoms with Crippen LogP contribution in [0.1, 0.15) is 48.8 Å². The fourth-order valence-corrected chi connectivity index (χ4v) is 5.32. The molecule has 3 aromatic rings. The Bertz CT molecular complexity index is 1300. The summed E-state index contributed by atoms with van der Waals surface area (Å²) in [5, 5.41) is 9.03. The van der Waals surface area contributed by atoms with Crippen LogP contribution in [0.25, 0.3) is 11.1 Å². The maximum atomic E-state index is 14.2. The van der Waals surface area contributed by atoms with E-state index in [1.807, 2.05) is 42.0 Å². The van der Waals surface area contributed by atoms with Crippen molar-refractivity contribution in [2.24, 2.45) is 7.05 Å². The first kappa shape index (κ1) is 24.4. The maximum Gasteiger partial charge on any atom is 0.289 e. The highest BCUT2D eigenvalue weighted by Crippen LogP contribution is 2.39. The van der Waals surface area contributed by atoms with Crippen LogP contribution in [0.3, 0.4) is 0 Å². The highest BCUT2D eigenvalue weighted by molar-refractivity contribution is 5.76. The Labute approximate surface area is 209 Å². The van der Waals surface area contributed by atoms with Gasteiger partial charge >= 0.3 is 0 Å². The molecule has 0 aliphatic carbocycles. The lowest BCUT2D eigenvalue weighted by Crippen LogP contribution is -2.35. The summed E-state index contributed by atoms with van der Waals surface area (Å²) in [6.45, 7) is 6.97. The summed E-state index contributed by atoms with van der Waals surface area (Å²) in [7, 11) is 3.61. The molecule has 0 radical (unpaired) electrons. The van der Waals surface area contributed by atoms with E-state index in [9.17, 15) is 13.6 Å². The van der Waals surface area contributed by atoms with Crippen LogP contribution in [0.2, 0.25) is 0 Å². The summed E-state index contributed by atoms with van der Waals surface area (Å²) in [6, 6.07) is 5.88. The largest absolute Gasteiger partial charge is 0.379 e. The van der Waals surface area contributed by atoms with Crippen LogP contribution in [0.15, 0.2) is 24.4 Å². The molecule has 8 nitrogen and oxygen atoms in total. The van der Waals surface area contributed by atoms with E-state index in [0.717, 1.165) is 54.7 Å². The van der Waals surface area contributed by atoms with Crippen LogP contribution >= 0.6 is 0 Å². The molecule has 2 aliphatic rings. The van der Waals surface area contributed by atoms with Crippen molar-refractivity contribution in [3.63, 3.8) is 0 Å². The van der Waals surface area contributed by atoms with E-state index in [-0.39, 0.29) is 17.6 Å². The molecule has 0 N–H and O–H groups in total. The molecule has 192 valence electrons. The molecule has 5 rings (SSSR count). The van der Waals surface area contributed by atoms with E-state index in [1.54, 1.807) is 20.2 Å². The molecular weight excluding hydrogens is 466 g/mol. The topological polar surface area (TPSA) is 68.4 Å². The summed E-state index contributed by atoms with van der Waals surface area (Å²) < 4.78 is 37.5. The van der Waals surface area contributed by atoms with Gasteiger partial charge in [0.2, 0.25) is 5.91 Å². The Balaban J connectivity index is 1.53. The van der Waals surface area contributed by atoms with Gasteiger partial charge in [0, 0.05) is 76.2 Å². The van der Waals surface area contributed by atoms with Gasteiger partial charge in [-0.3, -0.25) is 14.2 Å². The van der Waals surface area contributed by atoms with Crippen molar-refractivity contribution in [2.45, 2.75) is 52.1 Å². The molecule has 1 atom stereocenters. The fraction of sp³-hybridized carbons (Fsp3) is 0.500. The van der Waals surface area contributed by atoms with E-state index < -0.39 is 5.92 Å². The number of hydrogen-bond acceptors (Lipinski definition) is 5. The van der Waals surface area contributed by atoms with E-state index in [1.165, 1.54) is 4.68 Å². The van der Waals surface area contributed by atoms with Crippen LogP contribution in [0.4, 0.5) is 20.3 Å². The van der Waals surface area contributed by atoms with Crippen LogP contribution in [-0.2, 0) is 35.5 Å². The van der Waals surface area contributed by atoms with Gasteiger partial charge < -0.3 is 14.5 Å². The van der Waals surface area contributed by atoms with Gasteiger partial charge in [-0.15, -0.1) is 0 Å².